The summed E-state index contributed by atoms with van der Waals surface area (Å²) in [7, 11) is 0. The van der Waals surface area contributed by atoms with Crippen LogP contribution in [0.4, 0.5) is 4.39 Å². The lowest BCUT2D eigenvalue weighted by atomic mass is 9.76. The first-order valence-electron chi connectivity index (χ1n) is 9.95. The molecule has 0 N–H and O–H groups in total. The van der Waals surface area contributed by atoms with E-state index in [1.807, 2.05) is 0 Å². The molecule has 4 nitrogen and oxygen atoms in total. The fraction of sp³-hybridized carbons (Fsp3) is 0.636. The third-order valence-corrected chi connectivity index (χ3v) is 6.22. The molecule has 1 aliphatic carbocycles. The SMILES string of the molecule is CC(=O)C1CCC(C2CCC(OC(=O)c3ccc(C)c(F)c3C)CC2)CO1. The highest BCUT2D eigenvalue weighted by atomic mass is 19.1. The molecule has 0 aromatic heterocycles. The predicted octanol–water partition coefficient (Wildman–Crippen LogP) is 4.54. The Hall–Kier alpha value is -1.75. The van der Waals surface area contributed by atoms with Crippen molar-refractivity contribution in [1.82, 2.24) is 0 Å². The number of rotatable bonds is 4. The lowest BCUT2D eigenvalue weighted by molar-refractivity contribution is -0.134. The second-order valence-corrected chi connectivity index (χ2v) is 8.08. The number of hydrogen-bond donors (Lipinski definition) is 0. The fourth-order valence-electron chi connectivity index (χ4n) is 4.40. The Morgan fingerprint density at radius 2 is 1.70 bits per heavy atom. The van der Waals surface area contributed by atoms with Crippen LogP contribution in [0.2, 0.25) is 0 Å². The average Bonchev–Trinajstić information content (AvgIpc) is 2.67. The lowest BCUT2D eigenvalue weighted by Crippen LogP contribution is -2.36. The molecule has 0 radical (unpaired) electrons. The van der Waals surface area contributed by atoms with Gasteiger partial charge in [0.15, 0.2) is 5.78 Å². The van der Waals surface area contributed by atoms with Gasteiger partial charge in [-0.1, -0.05) is 6.07 Å². The second kappa shape index (κ2) is 8.51. The molecule has 0 spiro atoms. The minimum atomic E-state index is -0.430. The number of halogens is 1. The number of aryl methyl sites for hydroxylation is 1. The van der Waals surface area contributed by atoms with E-state index in [-0.39, 0.29) is 23.8 Å². The maximum absolute atomic E-state index is 14.0. The number of benzene rings is 1. The Balaban J connectivity index is 1.49. The van der Waals surface area contributed by atoms with Gasteiger partial charge in [0.05, 0.1) is 12.2 Å². The van der Waals surface area contributed by atoms with Crippen molar-refractivity contribution in [3.63, 3.8) is 0 Å². The van der Waals surface area contributed by atoms with Gasteiger partial charge in [0.2, 0.25) is 0 Å². The monoisotopic (exact) mass is 376 g/mol. The maximum Gasteiger partial charge on any atom is 0.338 e. The highest BCUT2D eigenvalue weighted by molar-refractivity contribution is 5.91. The molecular formula is C22H29FO4. The summed E-state index contributed by atoms with van der Waals surface area (Å²) in [5.41, 5.74) is 1.20. The molecule has 1 saturated heterocycles. The van der Waals surface area contributed by atoms with Crippen molar-refractivity contribution in [2.45, 2.75) is 71.5 Å². The summed E-state index contributed by atoms with van der Waals surface area (Å²) >= 11 is 0. The van der Waals surface area contributed by atoms with Crippen LogP contribution >= 0.6 is 0 Å². The van der Waals surface area contributed by atoms with E-state index in [2.05, 4.69) is 0 Å². The van der Waals surface area contributed by atoms with E-state index in [4.69, 9.17) is 9.47 Å². The lowest BCUT2D eigenvalue weighted by Gasteiger charge is -2.37. The fourth-order valence-corrected chi connectivity index (χ4v) is 4.40. The van der Waals surface area contributed by atoms with Crippen LogP contribution in [0.1, 0.15) is 66.9 Å². The standard InChI is InChI=1S/C22H29FO4/c1-13-4-10-19(14(2)21(13)23)22(25)27-18-8-5-16(6-9-18)17-7-11-20(15(3)24)26-12-17/h4,10,16-18,20H,5-9,11-12H2,1-3H3. The van der Waals surface area contributed by atoms with Crippen molar-refractivity contribution in [2.24, 2.45) is 11.8 Å². The van der Waals surface area contributed by atoms with Gasteiger partial charge in [-0.3, -0.25) is 4.79 Å². The highest BCUT2D eigenvalue weighted by Crippen LogP contribution is 2.36. The largest absolute Gasteiger partial charge is 0.459 e. The van der Waals surface area contributed by atoms with Gasteiger partial charge in [-0.2, -0.15) is 0 Å². The molecule has 2 fully saturated rings. The normalized spacial score (nSPS) is 28.6. The minimum Gasteiger partial charge on any atom is -0.459 e. The number of carbonyl (C=O) groups excluding carboxylic acids is 2. The van der Waals surface area contributed by atoms with E-state index in [0.29, 0.717) is 35.1 Å². The Morgan fingerprint density at radius 3 is 2.30 bits per heavy atom. The molecule has 148 valence electrons. The molecule has 3 rings (SSSR count). The van der Waals surface area contributed by atoms with Crippen LogP contribution in [0.3, 0.4) is 0 Å². The Bertz CT molecular complexity index is 699. The highest BCUT2D eigenvalue weighted by Gasteiger charge is 2.33. The summed E-state index contributed by atoms with van der Waals surface area (Å²) in [5, 5.41) is 0. The first kappa shape index (κ1) is 20.0. The van der Waals surface area contributed by atoms with Crippen LogP contribution in [0.25, 0.3) is 0 Å². The van der Waals surface area contributed by atoms with Crippen molar-refractivity contribution in [1.29, 1.82) is 0 Å². The van der Waals surface area contributed by atoms with Gasteiger partial charge in [-0.15, -0.1) is 0 Å². The van der Waals surface area contributed by atoms with Crippen molar-refractivity contribution in [3.05, 3.63) is 34.6 Å². The van der Waals surface area contributed by atoms with E-state index in [0.717, 1.165) is 38.5 Å². The van der Waals surface area contributed by atoms with Crippen LogP contribution in [-0.2, 0) is 14.3 Å². The zero-order chi connectivity index (χ0) is 19.6. The maximum atomic E-state index is 14.0. The number of esters is 1. The average molecular weight is 376 g/mol. The second-order valence-electron chi connectivity index (χ2n) is 8.08. The smallest absolute Gasteiger partial charge is 0.338 e. The summed E-state index contributed by atoms with van der Waals surface area (Å²) < 4.78 is 25.4. The van der Waals surface area contributed by atoms with Crippen molar-refractivity contribution in [3.8, 4) is 0 Å². The molecular weight excluding hydrogens is 347 g/mol. The molecule has 2 aliphatic rings. The molecule has 27 heavy (non-hydrogen) atoms. The van der Waals surface area contributed by atoms with Crippen LogP contribution in [0.15, 0.2) is 12.1 Å². The summed E-state index contributed by atoms with van der Waals surface area (Å²) in [4.78, 5) is 23.9. The van der Waals surface area contributed by atoms with E-state index >= 15 is 0 Å². The first-order chi connectivity index (χ1) is 12.9. The zero-order valence-electron chi connectivity index (χ0n) is 16.4. The van der Waals surface area contributed by atoms with Crippen LogP contribution in [-0.4, -0.2) is 30.6 Å². The molecule has 1 aliphatic heterocycles. The van der Waals surface area contributed by atoms with E-state index < -0.39 is 5.97 Å². The van der Waals surface area contributed by atoms with Gasteiger partial charge in [-0.05, 0) is 88.3 Å². The molecule has 1 heterocycles. The molecule has 1 aromatic carbocycles. The Labute approximate surface area is 160 Å². The predicted molar refractivity (Wildman–Crippen MR) is 100 cm³/mol. The molecule has 5 heteroatoms. The van der Waals surface area contributed by atoms with Crippen LogP contribution in [0.5, 0.6) is 0 Å². The summed E-state index contributed by atoms with van der Waals surface area (Å²) in [5.74, 6) is 0.401. The van der Waals surface area contributed by atoms with Gasteiger partial charge in [0, 0.05) is 0 Å². The van der Waals surface area contributed by atoms with Gasteiger partial charge in [0.25, 0.3) is 0 Å². The quantitative estimate of drug-likeness (QED) is 0.724. The van der Waals surface area contributed by atoms with Crippen molar-refractivity contribution in [2.75, 3.05) is 6.61 Å². The van der Waals surface area contributed by atoms with Gasteiger partial charge in [-0.25, -0.2) is 9.18 Å². The summed E-state index contributed by atoms with van der Waals surface area (Å²) in [6.45, 7) is 5.55. The topological polar surface area (TPSA) is 52.6 Å². The third kappa shape index (κ3) is 4.57. The molecule has 0 bridgehead atoms. The number of ether oxygens (including phenoxy) is 2. The number of ketones is 1. The van der Waals surface area contributed by atoms with Crippen LogP contribution in [0, 0.1) is 31.5 Å². The van der Waals surface area contributed by atoms with E-state index in [1.54, 1.807) is 32.9 Å². The molecule has 2 atom stereocenters. The third-order valence-electron chi connectivity index (χ3n) is 6.22. The van der Waals surface area contributed by atoms with E-state index in [1.165, 1.54) is 0 Å². The van der Waals surface area contributed by atoms with Crippen molar-refractivity contribution < 1.29 is 23.5 Å². The van der Waals surface area contributed by atoms with E-state index in [9.17, 15) is 14.0 Å². The number of Topliss-reactive ketones (excluding diaryl/α,β-unsaturated/α-hetero) is 1. The van der Waals surface area contributed by atoms with Gasteiger partial charge >= 0.3 is 5.97 Å². The number of carbonyl (C=O) groups is 2. The number of hydrogen-bond acceptors (Lipinski definition) is 4. The zero-order valence-corrected chi connectivity index (χ0v) is 16.4. The molecule has 1 saturated carbocycles. The summed E-state index contributed by atoms with van der Waals surface area (Å²) in [6.07, 6.45) is 5.17. The van der Waals surface area contributed by atoms with Crippen molar-refractivity contribution >= 4 is 11.8 Å². The molecule has 0 amide bonds. The molecule has 1 aromatic rings. The summed E-state index contributed by atoms with van der Waals surface area (Å²) in [6, 6.07) is 3.26. The van der Waals surface area contributed by atoms with Crippen LogP contribution < -0.4 is 0 Å². The Kier molecular flexibility index (Phi) is 6.30. The van der Waals surface area contributed by atoms with Gasteiger partial charge in [0.1, 0.15) is 18.0 Å². The van der Waals surface area contributed by atoms with Gasteiger partial charge < -0.3 is 9.47 Å². The minimum absolute atomic E-state index is 0.105. The first-order valence-corrected chi connectivity index (χ1v) is 9.95. The Morgan fingerprint density at radius 1 is 1.04 bits per heavy atom. The molecule has 2 unspecified atom stereocenters.